The quantitative estimate of drug-likeness (QED) is 0.832. The third kappa shape index (κ3) is 3.53. The molecule has 0 saturated carbocycles. The molecule has 3 heterocycles. The highest BCUT2D eigenvalue weighted by Crippen LogP contribution is 2.23. The van der Waals surface area contributed by atoms with Crippen LogP contribution in [0, 0.1) is 0 Å². The molecule has 8 heteroatoms. The van der Waals surface area contributed by atoms with Crippen LogP contribution in [0.15, 0.2) is 0 Å². The van der Waals surface area contributed by atoms with E-state index in [1.807, 2.05) is 20.8 Å². The van der Waals surface area contributed by atoms with Gasteiger partial charge in [-0.25, -0.2) is 4.79 Å². The SMILES string of the molecule is CC(C)(C)OC(=O)N1CCc2[nH]nc(C(=O)N3CCOCC3)c2C1. The van der Waals surface area contributed by atoms with Crippen LogP contribution in [0.4, 0.5) is 4.79 Å². The number of fused-ring (bicyclic) bond motifs is 1. The van der Waals surface area contributed by atoms with Gasteiger partial charge in [0.15, 0.2) is 5.69 Å². The van der Waals surface area contributed by atoms with E-state index in [2.05, 4.69) is 10.2 Å². The lowest BCUT2D eigenvalue weighted by atomic mass is 10.0. The minimum Gasteiger partial charge on any atom is -0.444 e. The van der Waals surface area contributed by atoms with Crippen molar-refractivity contribution in [3.8, 4) is 0 Å². The summed E-state index contributed by atoms with van der Waals surface area (Å²) in [5.74, 6) is -0.109. The number of rotatable bonds is 1. The van der Waals surface area contributed by atoms with E-state index in [0.717, 1.165) is 11.3 Å². The summed E-state index contributed by atoms with van der Waals surface area (Å²) in [4.78, 5) is 28.3. The van der Waals surface area contributed by atoms with Crippen molar-refractivity contribution >= 4 is 12.0 Å². The Balaban J connectivity index is 1.74. The zero-order valence-corrected chi connectivity index (χ0v) is 14.4. The van der Waals surface area contributed by atoms with E-state index in [1.54, 1.807) is 9.80 Å². The number of hydrogen-bond donors (Lipinski definition) is 1. The number of nitrogens with one attached hydrogen (secondary N) is 1. The lowest BCUT2D eigenvalue weighted by Gasteiger charge is -2.30. The van der Waals surface area contributed by atoms with Crippen LogP contribution in [-0.2, 0) is 22.4 Å². The van der Waals surface area contributed by atoms with Crippen molar-refractivity contribution in [3.63, 3.8) is 0 Å². The van der Waals surface area contributed by atoms with Crippen molar-refractivity contribution in [2.45, 2.75) is 39.3 Å². The lowest BCUT2D eigenvalue weighted by Crippen LogP contribution is -2.42. The smallest absolute Gasteiger partial charge is 0.410 e. The van der Waals surface area contributed by atoms with Gasteiger partial charge in [0.05, 0.1) is 19.8 Å². The van der Waals surface area contributed by atoms with Gasteiger partial charge >= 0.3 is 6.09 Å². The molecule has 0 bridgehead atoms. The second-order valence-corrected chi connectivity index (χ2v) is 7.09. The standard InChI is InChI=1S/C16H24N4O4/c1-16(2,3)24-15(22)20-5-4-12-11(10-20)13(18-17-12)14(21)19-6-8-23-9-7-19/h4-10H2,1-3H3,(H,17,18). The minimum atomic E-state index is -0.541. The third-order valence-electron chi connectivity index (χ3n) is 4.09. The molecule has 1 saturated heterocycles. The molecule has 1 fully saturated rings. The fourth-order valence-electron chi connectivity index (χ4n) is 2.87. The molecule has 0 radical (unpaired) electrons. The van der Waals surface area contributed by atoms with Gasteiger partial charge in [0.1, 0.15) is 5.60 Å². The molecule has 0 aromatic carbocycles. The van der Waals surface area contributed by atoms with Gasteiger partial charge in [0.2, 0.25) is 0 Å². The van der Waals surface area contributed by atoms with Gasteiger partial charge in [-0.15, -0.1) is 0 Å². The Bertz CT molecular complexity index is 629. The van der Waals surface area contributed by atoms with Crippen molar-refractivity contribution < 1.29 is 19.1 Å². The summed E-state index contributed by atoms with van der Waals surface area (Å²) in [7, 11) is 0. The number of aromatic amines is 1. The Kier molecular flexibility index (Phi) is 4.49. The van der Waals surface area contributed by atoms with E-state index in [4.69, 9.17) is 9.47 Å². The van der Waals surface area contributed by atoms with E-state index in [1.165, 1.54) is 0 Å². The zero-order valence-electron chi connectivity index (χ0n) is 14.4. The van der Waals surface area contributed by atoms with Crippen molar-refractivity contribution in [1.29, 1.82) is 0 Å². The summed E-state index contributed by atoms with van der Waals surface area (Å²) in [5.41, 5.74) is 1.58. The van der Waals surface area contributed by atoms with Crippen molar-refractivity contribution in [2.24, 2.45) is 0 Å². The fourth-order valence-corrected chi connectivity index (χ4v) is 2.87. The summed E-state index contributed by atoms with van der Waals surface area (Å²) < 4.78 is 10.7. The molecule has 1 aromatic heterocycles. The topological polar surface area (TPSA) is 87.8 Å². The lowest BCUT2D eigenvalue weighted by molar-refractivity contribution is 0.0217. The van der Waals surface area contributed by atoms with E-state index < -0.39 is 5.60 Å². The molecule has 1 aromatic rings. The van der Waals surface area contributed by atoms with Gasteiger partial charge in [0.25, 0.3) is 5.91 Å². The highest BCUT2D eigenvalue weighted by molar-refractivity contribution is 5.94. The maximum Gasteiger partial charge on any atom is 0.410 e. The molecule has 2 aliphatic heterocycles. The Morgan fingerprint density at radius 2 is 1.88 bits per heavy atom. The number of nitrogens with zero attached hydrogens (tertiary/aromatic N) is 3. The maximum absolute atomic E-state index is 12.7. The molecule has 0 aliphatic carbocycles. The van der Waals surface area contributed by atoms with Crippen LogP contribution >= 0.6 is 0 Å². The second kappa shape index (κ2) is 6.43. The van der Waals surface area contributed by atoms with E-state index in [0.29, 0.717) is 51.5 Å². The van der Waals surface area contributed by atoms with E-state index in [-0.39, 0.29) is 12.0 Å². The Labute approximate surface area is 141 Å². The Morgan fingerprint density at radius 1 is 1.17 bits per heavy atom. The Hall–Kier alpha value is -2.09. The number of amides is 2. The number of ether oxygens (including phenoxy) is 2. The minimum absolute atomic E-state index is 0.109. The van der Waals surface area contributed by atoms with Gasteiger partial charge in [-0.3, -0.25) is 9.89 Å². The average Bonchev–Trinajstić information content (AvgIpc) is 2.96. The van der Waals surface area contributed by atoms with E-state index in [9.17, 15) is 9.59 Å². The van der Waals surface area contributed by atoms with E-state index >= 15 is 0 Å². The molecule has 2 amide bonds. The highest BCUT2D eigenvalue weighted by Gasteiger charge is 2.32. The van der Waals surface area contributed by atoms with Crippen molar-refractivity contribution in [3.05, 3.63) is 17.0 Å². The molecule has 3 rings (SSSR count). The van der Waals surface area contributed by atoms with Crippen LogP contribution in [0.3, 0.4) is 0 Å². The zero-order chi connectivity index (χ0) is 17.3. The summed E-state index contributed by atoms with van der Waals surface area (Å²) in [5, 5.41) is 7.15. The van der Waals surface area contributed by atoms with Crippen LogP contribution in [0.5, 0.6) is 0 Å². The maximum atomic E-state index is 12.7. The fraction of sp³-hybridized carbons (Fsp3) is 0.688. The molecule has 132 valence electrons. The molecule has 8 nitrogen and oxygen atoms in total. The van der Waals surface area contributed by atoms with Gasteiger partial charge < -0.3 is 19.3 Å². The van der Waals surface area contributed by atoms with Gasteiger partial charge in [-0.2, -0.15) is 5.10 Å². The highest BCUT2D eigenvalue weighted by atomic mass is 16.6. The number of aromatic nitrogens is 2. The first kappa shape index (κ1) is 16.8. The third-order valence-corrected chi connectivity index (χ3v) is 4.09. The van der Waals surface area contributed by atoms with Gasteiger partial charge in [0, 0.05) is 37.3 Å². The first-order chi connectivity index (χ1) is 11.3. The van der Waals surface area contributed by atoms with Crippen molar-refractivity contribution in [1.82, 2.24) is 20.0 Å². The molecule has 0 spiro atoms. The van der Waals surface area contributed by atoms with Crippen LogP contribution in [0.25, 0.3) is 0 Å². The number of H-pyrrole nitrogens is 1. The molecule has 0 atom stereocenters. The van der Waals surface area contributed by atoms with Crippen LogP contribution in [0.1, 0.15) is 42.5 Å². The molecule has 2 aliphatic rings. The first-order valence-electron chi connectivity index (χ1n) is 8.26. The van der Waals surface area contributed by atoms with Crippen LogP contribution in [-0.4, -0.2) is 70.4 Å². The number of carbonyl (C=O) groups excluding carboxylic acids is 2. The number of morpholine rings is 1. The number of carbonyl (C=O) groups is 2. The normalized spacial score (nSPS) is 18.3. The Morgan fingerprint density at radius 3 is 2.54 bits per heavy atom. The largest absolute Gasteiger partial charge is 0.444 e. The molecule has 1 N–H and O–H groups in total. The summed E-state index contributed by atoms with van der Waals surface area (Å²) in [6.07, 6.45) is 0.275. The first-order valence-corrected chi connectivity index (χ1v) is 8.26. The summed E-state index contributed by atoms with van der Waals surface area (Å²) in [6, 6.07) is 0. The molecular formula is C16H24N4O4. The molecular weight excluding hydrogens is 312 g/mol. The summed E-state index contributed by atoms with van der Waals surface area (Å²) >= 11 is 0. The van der Waals surface area contributed by atoms with Gasteiger partial charge in [-0.05, 0) is 20.8 Å². The van der Waals surface area contributed by atoms with Gasteiger partial charge in [-0.1, -0.05) is 0 Å². The predicted molar refractivity (Wildman–Crippen MR) is 85.7 cm³/mol. The second-order valence-electron chi connectivity index (χ2n) is 7.09. The molecule has 0 unspecified atom stereocenters. The monoisotopic (exact) mass is 336 g/mol. The number of hydrogen-bond acceptors (Lipinski definition) is 5. The van der Waals surface area contributed by atoms with Crippen LogP contribution < -0.4 is 0 Å². The summed E-state index contributed by atoms with van der Waals surface area (Å²) in [6.45, 7) is 8.63. The molecule has 24 heavy (non-hydrogen) atoms. The predicted octanol–water partition coefficient (Wildman–Crippen LogP) is 1.18. The average molecular weight is 336 g/mol. The van der Waals surface area contributed by atoms with Crippen LogP contribution in [0.2, 0.25) is 0 Å². The van der Waals surface area contributed by atoms with Crippen molar-refractivity contribution in [2.75, 3.05) is 32.8 Å².